The summed E-state index contributed by atoms with van der Waals surface area (Å²) in [6.07, 6.45) is 0.230. The molecule has 1 aliphatic heterocycles. The van der Waals surface area contributed by atoms with Crippen LogP contribution in [-0.2, 0) is 9.59 Å². The molecular formula is C18H24ClN3O3. The molecule has 1 aromatic carbocycles. The van der Waals surface area contributed by atoms with Crippen molar-refractivity contribution in [1.82, 2.24) is 15.1 Å². The number of carbonyl (C=O) groups is 3. The van der Waals surface area contributed by atoms with Gasteiger partial charge in [0.1, 0.15) is 0 Å². The van der Waals surface area contributed by atoms with Gasteiger partial charge in [-0.05, 0) is 12.1 Å². The van der Waals surface area contributed by atoms with Gasteiger partial charge in [0.15, 0.2) is 0 Å². The maximum absolute atomic E-state index is 12.2. The van der Waals surface area contributed by atoms with E-state index >= 15 is 0 Å². The number of piperazine rings is 1. The van der Waals surface area contributed by atoms with Crippen LogP contribution in [0.4, 0.5) is 0 Å². The molecule has 1 N–H and O–H groups in total. The van der Waals surface area contributed by atoms with Crippen molar-refractivity contribution in [2.45, 2.75) is 20.3 Å². The van der Waals surface area contributed by atoms with Crippen LogP contribution in [0.15, 0.2) is 24.3 Å². The minimum atomic E-state index is -0.286. The molecule has 7 heteroatoms. The van der Waals surface area contributed by atoms with Crippen molar-refractivity contribution in [3.63, 3.8) is 0 Å². The Morgan fingerprint density at radius 2 is 1.68 bits per heavy atom. The van der Waals surface area contributed by atoms with Gasteiger partial charge >= 0.3 is 0 Å². The highest BCUT2D eigenvalue weighted by molar-refractivity contribution is 6.33. The highest BCUT2D eigenvalue weighted by atomic mass is 35.5. The number of hydrogen-bond acceptors (Lipinski definition) is 3. The molecule has 136 valence electrons. The van der Waals surface area contributed by atoms with Crippen LogP contribution in [0.1, 0.15) is 30.6 Å². The largest absolute Gasteiger partial charge is 0.351 e. The maximum Gasteiger partial charge on any atom is 0.252 e. The summed E-state index contributed by atoms with van der Waals surface area (Å²) in [5.74, 6) is -0.205. The molecule has 0 bridgehead atoms. The lowest BCUT2D eigenvalue weighted by atomic mass is 10.1. The van der Waals surface area contributed by atoms with E-state index in [0.717, 1.165) is 0 Å². The molecule has 0 saturated carbocycles. The van der Waals surface area contributed by atoms with E-state index in [1.165, 1.54) is 0 Å². The first-order valence-electron chi connectivity index (χ1n) is 8.49. The summed E-state index contributed by atoms with van der Waals surface area (Å²) in [4.78, 5) is 39.8. The zero-order valence-electron chi connectivity index (χ0n) is 14.6. The maximum atomic E-state index is 12.2. The van der Waals surface area contributed by atoms with E-state index in [4.69, 9.17) is 11.6 Å². The Kier molecular flexibility index (Phi) is 6.82. The number of nitrogens with one attached hydrogen (secondary N) is 1. The van der Waals surface area contributed by atoms with E-state index < -0.39 is 0 Å². The standard InChI is InChI=1S/C18H24ClN3O3/c1-13(2)18(25)22-11-9-21(10-12-22)16(23)7-8-20-17(24)14-5-3-4-6-15(14)19/h3-6,13H,7-12H2,1-2H3,(H,20,24). The van der Waals surface area contributed by atoms with Crippen LogP contribution in [-0.4, -0.2) is 60.2 Å². The predicted molar refractivity (Wildman–Crippen MR) is 96.4 cm³/mol. The van der Waals surface area contributed by atoms with Crippen molar-refractivity contribution >= 4 is 29.3 Å². The molecule has 1 fully saturated rings. The summed E-state index contributed by atoms with van der Waals surface area (Å²) in [5, 5.41) is 3.10. The molecule has 3 amide bonds. The van der Waals surface area contributed by atoms with Gasteiger partial charge in [0.25, 0.3) is 5.91 Å². The molecule has 1 aliphatic rings. The summed E-state index contributed by atoms with van der Waals surface area (Å²) >= 11 is 5.98. The first-order chi connectivity index (χ1) is 11.9. The highest BCUT2D eigenvalue weighted by Gasteiger charge is 2.25. The quantitative estimate of drug-likeness (QED) is 0.864. The smallest absolute Gasteiger partial charge is 0.252 e. The van der Waals surface area contributed by atoms with Crippen LogP contribution in [0, 0.1) is 5.92 Å². The van der Waals surface area contributed by atoms with Crippen molar-refractivity contribution in [2.75, 3.05) is 32.7 Å². The van der Waals surface area contributed by atoms with Gasteiger partial charge in [-0.25, -0.2) is 0 Å². The van der Waals surface area contributed by atoms with Gasteiger partial charge < -0.3 is 15.1 Å². The fourth-order valence-corrected chi connectivity index (χ4v) is 2.94. The minimum absolute atomic E-state index is 0.0175. The zero-order chi connectivity index (χ0) is 18.4. The Hall–Kier alpha value is -2.08. The van der Waals surface area contributed by atoms with E-state index in [0.29, 0.717) is 36.8 Å². The molecule has 0 spiro atoms. The Bertz CT molecular complexity index is 640. The Labute approximate surface area is 153 Å². The molecule has 0 aliphatic carbocycles. The molecule has 0 unspecified atom stereocenters. The number of nitrogens with zero attached hydrogens (tertiary/aromatic N) is 2. The van der Waals surface area contributed by atoms with Gasteiger partial charge in [0.2, 0.25) is 11.8 Å². The van der Waals surface area contributed by atoms with Gasteiger partial charge in [-0.2, -0.15) is 0 Å². The third-order valence-electron chi connectivity index (χ3n) is 4.18. The normalized spacial score (nSPS) is 14.6. The van der Waals surface area contributed by atoms with Gasteiger partial charge in [-0.3, -0.25) is 14.4 Å². The van der Waals surface area contributed by atoms with Crippen LogP contribution in [0.25, 0.3) is 0 Å². The van der Waals surface area contributed by atoms with Crippen molar-refractivity contribution in [3.05, 3.63) is 34.9 Å². The molecule has 1 saturated heterocycles. The molecule has 0 atom stereocenters. The van der Waals surface area contributed by atoms with Gasteiger partial charge in [-0.1, -0.05) is 37.6 Å². The Balaban J connectivity index is 1.74. The first kappa shape index (κ1) is 19.2. The SMILES string of the molecule is CC(C)C(=O)N1CCN(C(=O)CCNC(=O)c2ccccc2Cl)CC1. The Morgan fingerprint density at radius 1 is 1.08 bits per heavy atom. The van der Waals surface area contributed by atoms with Crippen LogP contribution in [0.2, 0.25) is 5.02 Å². The van der Waals surface area contributed by atoms with Crippen LogP contribution < -0.4 is 5.32 Å². The monoisotopic (exact) mass is 365 g/mol. The molecule has 0 aromatic heterocycles. The lowest BCUT2D eigenvalue weighted by Gasteiger charge is -2.35. The highest BCUT2D eigenvalue weighted by Crippen LogP contribution is 2.14. The second-order valence-corrected chi connectivity index (χ2v) is 6.75. The number of halogens is 1. The zero-order valence-corrected chi connectivity index (χ0v) is 15.4. The number of amides is 3. The van der Waals surface area contributed by atoms with E-state index in [9.17, 15) is 14.4 Å². The summed E-state index contributed by atoms with van der Waals surface area (Å²) in [7, 11) is 0. The average molecular weight is 366 g/mol. The summed E-state index contributed by atoms with van der Waals surface area (Å²) in [5.41, 5.74) is 0.400. The topological polar surface area (TPSA) is 69.7 Å². The third kappa shape index (κ3) is 5.19. The van der Waals surface area contributed by atoms with Crippen LogP contribution in [0.3, 0.4) is 0 Å². The predicted octanol–water partition coefficient (Wildman–Crippen LogP) is 1.79. The van der Waals surface area contributed by atoms with E-state index in [1.807, 2.05) is 13.8 Å². The molecule has 25 heavy (non-hydrogen) atoms. The van der Waals surface area contributed by atoms with Crippen molar-refractivity contribution in [1.29, 1.82) is 0 Å². The fraction of sp³-hybridized carbons (Fsp3) is 0.500. The molecular weight excluding hydrogens is 342 g/mol. The van der Waals surface area contributed by atoms with E-state index in [2.05, 4.69) is 5.32 Å². The number of rotatable bonds is 5. The van der Waals surface area contributed by atoms with Crippen LogP contribution in [0.5, 0.6) is 0 Å². The molecule has 2 rings (SSSR count). The third-order valence-corrected chi connectivity index (χ3v) is 4.51. The van der Waals surface area contributed by atoms with Gasteiger partial charge in [-0.15, -0.1) is 0 Å². The second-order valence-electron chi connectivity index (χ2n) is 6.35. The summed E-state index contributed by atoms with van der Waals surface area (Å²) in [6.45, 7) is 6.21. The Morgan fingerprint density at radius 3 is 2.28 bits per heavy atom. The van der Waals surface area contributed by atoms with Crippen molar-refractivity contribution in [2.24, 2.45) is 5.92 Å². The molecule has 1 aromatic rings. The lowest BCUT2D eigenvalue weighted by molar-refractivity contribution is -0.141. The van der Waals surface area contributed by atoms with Gasteiger partial charge in [0.05, 0.1) is 10.6 Å². The lowest BCUT2D eigenvalue weighted by Crippen LogP contribution is -2.51. The average Bonchev–Trinajstić information content (AvgIpc) is 2.61. The first-order valence-corrected chi connectivity index (χ1v) is 8.87. The number of hydrogen-bond donors (Lipinski definition) is 1. The van der Waals surface area contributed by atoms with Gasteiger partial charge in [0, 0.05) is 45.1 Å². The summed E-state index contributed by atoms with van der Waals surface area (Å²) < 4.78 is 0. The van der Waals surface area contributed by atoms with E-state index in [-0.39, 0.29) is 36.6 Å². The molecule has 1 heterocycles. The van der Waals surface area contributed by atoms with Crippen LogP contribution >= 0.6 is 11.6 Å². The number of benzene rings is 1. The number of carbonyl (C=O) groups excluding carboxylic acids is 3. The minimum Gasteiger partial charge on any atom is -0.351 e. The van der Waals surface area contributed by atoms with E-state index in [1.54, 1.807) is 34.1 Å². The fourth-order valence-electron chi connectivity index (χ4n) is 2.72. The van der Waals surface area contributed by atoms with Crippen molar-refractivity contribution < 1.29 is 14.4 Å². The van der Waals surface area contributed by atoms with Crippen molar-refractivity contribution in [3.8, 4) is 0 Å². The second kappa shape index (κ2) is 8.85. The molecule has 6 nitrogen and oxygen atoms in total. The molecule has 0 radical (unpaired) electrons. The summed E-state index contributed by atoms with van der Waals surface area (Å²) in [6, 6.07) is 6.79.